The predicted octanol–water partition coefficient (Wildman–Crippen LogP) is 2.00. The number of ether oxygens (including phenoxy) is 1. The number of H-pyrrole nitrogens is 2. The van der Waals surface area contributed by atoms with Crippen LogP contribution in [0.4, 0.5) is 5.69 Å². The van der Waals surface area contributed by atoms with Gasteiger partial charge in [-0.1, -0.05) is 18.2 Å². The number of fused-ring (bicyclic) bond motifs is 2. The van der Waals surface area contributed by atoms with Crippen molar-refractivity contribution in [3.63, 3.8) is 0 Å². The number of aromatic nitrogens is 6. The molecule has 0 atom stereocenters. The molecule has 0 bridgehead atoms. The SMILES string of the molecule is COCCN1CCc2nc(-c3[nH]ncc3NC(=O)c3cnnc4ccccc34)[nH]c2C1. The standard InChI is InChI=1S/C21H22N8O2/c1-31-9-8-29-7-6-16-18(12-29)25-20(24-16)19-17(11-23-28-19)26-21(30)14-10-22-27-15-5-3-2-4-13(14)15/h2-5,10-11H,6-9,12H2,1H3,(H,23,28)(H,24,25)(H,26,30). The van der Waals surface area contributed by atoms with Crippen molar-refractivity contribution in [2.45, 2.75) is 13.0 Å². The number of hydrogen-bond donors (Lipinski definition) is 3. The van der Waals surface area contributed by atoms with Crippen LogP contribution in [0.25, 0.3) is 22.4 Å². The second kappa shape index (κ2) is 8.25. The number of nitrogens with one attached hydrogen (secondary N) is 3. The summed E-state index contributed by atoms with van der Waals surface area (Å²) in [4.78, 5) is 23.4. The van der Waals surface area contributed by atoms with E-state index in [4.69, 9.17) is 9.72 Å². The molecule has 31 heavy (non-hydrogen) atoms. The van der Waals surface area contributed by atoms with Crippen LogP contribution in [-0.4, -0.2) is 68.0 Å². The Kier molecular flexibility index (Phi) is 5.14. The largest absolute Gasteiger partial charge is 0.383 e. The van der Waals surface area contributed by atoms with Gasteiger partial charge in [-0.05, 0) is 6.07 Å². The first-order chi connectivity index (χ1) is 15.2. The van der Waals surface area contributed by atoms with Crippen molar-refractivity contribution in [3.8, 4) is 11.5 Å². The topological polar surface area (TPSA) is 125 Å². The van der Waals surface area contributed by atoms with Crippen LogP contribution in [0.1, 0.15) is 21.7 Å². The van der Waals surface area contributed by atoms with Crippen LogP contribution in [0, 0.1) is 0 Å². The van der Waals surface area contributed by atoms with E-state index in [9.17, 15) is 4.79 Å². The van der Waals surface area contributed by atoms with Crippen molar-refractivity contribution in [2.24, 2.45) is 0 Å². The maximum atomic E-state index is 13.0. The van der Waals surface area contributed by atoms with Crippen molar-refractivity contribution in [2.75, 3.05) is 32.1 Å². The van der Waals surface area contributed by atoms with Gasteiger partial charge in [0, 0.05) is 38.6 Å². The lowest BCUT2D eigenvalue weighted by Crippen LogP contribution is -2.33. The summed E-state index contributed by atoms with van der Waals surface area (Å²) in [6, 6.07) is 7.41. The quantitative estimate of drug-likeness (QED) is 0.437. The minimum Gasteiger partial charge on any atom is -0.383 e. The molecule has 10 nitrogen and oxygen atoms in total. The molecule has 3 N–H and O–H groups in total. The lowest BCUT2D eigenvalue weighted by molar-refractivity contribution is 0.102. The highest BCUT2D eigenvalue weighted by molar-refractivity contribution is 6.12. The van der Waals surface area contributed by atoms with Crippen LogP contribution in [0.2, 0.25) is 0 Å². The molecule has 3 aromatic heterocycles. The molecule has 4 heterocycles. The third-order valence-corrected chi connectivity index (χ3v) is 5.44. The number of rotatable bonds is 6. The monoisotopic (exact) mass is 418 g/mol. The highest BCUT2D eigenvalue weighted by Crippen LogP contribution is 2.27. The molecule has 4 aromatic rings. The average molecular weight is 418 g/mol. The fourth-order valence-corrected chi connectivity index (χ4v) is 3.82. The van der Waals surface area contributed by atoms with Gasteiger partial charge >= 0.3 is 0 Å². The highest BCUT2D eigenvalue weighted by atomic mass is 16.5. The summed E-state index contributed by atoms with van der Waals surface area (Å²) in [7, 11) is 1.71. The molecule has 1 aliphatic rings. The second-order valence-corrected chi connectivity index (χ2v) is 7.42. The van der Waals surface area contributed by atoms with Crippen molar-refractivity contribution in [1.82, 2.24) is 35.3 Å². The fraction of sp³-hybridized carbons (Fsp3) is 0.286. The van der Waals surface area contributed by atoms with Gasteiger partial charge in [0.15, 0.2) is 5.82 Å². The molecule has 0 saturated carbocycles. The van der Waals surface area contributed by atoms with Crippen LogP contribution >= 0.6 is 0 Å². The van der Waals surface area contributed by atoms with E-state index < -0.39 is 0 Å². The van der Waals surface area contributed by atoms with Crippen molar-refractivity contribution >= 4 is 22.5 Å². The molecule has 0 unspecified atom stereocenters. The number of aromatic amines is 2. The smallest absolute Gasteiger partial charge is 0.258 e. The van der Waals surface area contributed by atoms with Crippen LogP contribution < -0.4 is 5.32 Å². The summed E-state index contributed by atoms with van der Waals surface area (Å²) in [5.74, 6) is 0.375. The molecule has 1 aliphatic heterocycles. The Balaban J connectivity index is 1.38. The molecular formula is C21H22N8O2. The van der Waals surface area contributed by atoms with Gasteiger partial charge in [0.25, 0.3) is 5.91 Å². The third kappa shape index (κ3) is 3.78. The number of methoxy groups -OCH3 is 1. The zero-order chi connectivity index (χ0) is 21.2. The zero-order valence-corrected chi connectivity index (χ0v) is 17.1. The second-order valence-electron chi connectivity index (χ2n) is 7.42. The summed E-state index contributed by atoms with van der Waals surface area (Å²) in [5, 5.41) is 18.8. The minimum absolute atomic E-state index is 0.282. The first kappa shape index (κ1) is 19.3. The molecule has 10 heteroatoms. The molecule has 5 rings (SSSR count). The normalized spacial score (nSPS) is 14.0. The highest BCUT2D eigenvalue weighted by Gasteiger charge is 2.23. The third-order valence-electron chi connectivity index (χ3n) is 5.44. The number of amides is 1. The Morgan fingerprint density at radius 2 is 2.19 bits per heavy atom. The van der Waals surface area contributed by atoms with Crippen LogP contribution in [0.3, 0.4) is 0 Å². The molecule has 0 fully saturated rings. The molecule has 0 saturated heterocycles. The average Bonchev–Trinajstić information content (AvgIpc) is 3.43. The van der Waals surface area contributed by atoms with E-state index in [2.05, 4.69) is 35.6 Å². The first-order valence-electron chi connectivity index (χ1n) is 10.1. The van der Waals surface area contributed by atoms with Crippen molar-refractivity contribution < 1.29 is 9.53 Å². The van der Waals surface area contributed by atoms with Gasteiger partial charge in [0.05, 0.1) is 47.2 Å². The van der Waals surface area contributed by atoms with E-state index in [1.807, 2.05) is 24.3 Å². The van der Waals surface area contributed by atoms with E-state index in [0.29, 0.717) is 34.9 Å². The molecule has 0 spiro atoms. The Bertz CT molecular complexity index is 1230. The molecule has 1 amide bonds. The predicted molar refractivity (Wildman–Crippen MR) is 115 cm³/mol. The molecule has 158 valence electrons. The maximum Gasteiger partial charge on any atom is 0.258 e. The molecule has 1 aromatic carbocycles. The zero-order valence-electron chi connectivity index (χ0n) is 17.1. The Hall–Kier alpha value is -3.63. The minimum atomic E-state index is -0.282. The lowest BCUT2D eigenvalue weighted by Gasteiger charge is -2.25. The number of hydrogen-bond acceptors (Lipinski definition) is 7. The first-order valence-corrected chi connectivity index (χ1v) is 10.1. The van der Waals surface area contributed by atoms with Crippen LogP contribution in [0.5, 0.6) is 0 Å². The molecule has 0 radical (unpaired) electrons. The van der Waals surface area contributed by atoms with Gasteiger partial charge in [-0.15, -0.1) is 0 Å². The number of carbonyl (C=O) groups excluding carboxylic acids is 1. The molecule has 0 aliphatic carbocycles. The van der Waals surface area contributed by atoms with E-state index in [-0.39, 0.29) is 5.91 Å². The Morgan fingerprint density at radius 1 is 1.29 bits per heavy atom. The Morgan fingerprint density at radius 3 is 3.10 bits per heavy atom. The van der Waals surface area contributed by atoms with E-state index in [1.165, 1.54) is 6.20 Å². The summed E-state index contributed by atoms with van der Waals surface area (Å²) in [6.45, 7) is 3.31. The summed E-state index contributed by atoms with van der Waals surface area (Å²) in [5.41, 5.74) is 4.42. The maximum absolute atomic E-state index is 13.0. The summed E-state index contributed by atoms with van der Waals surface area (Å²) in [6.07, 6.45) is 3.91. The van der Waals surface area contributed by atoms with Gasteiger partial charge in [-0.2, -0.15) is 15.3 Å². The van der Waals surface area contributed by atoms with Crippen LogP contribution in [-0.2, 0) is 17.7 Å². The number of carbonyl (C=O) groups is 1. The summed E-state index contributed by atoms with van der Waals surface area (Å²) < 4.78 is 5.18. The lowest BCUT2D eigenvalue weighted by atomic mass is 10.1. The number of nitrogens with zero attached hydrogens (tertiary/aromatic N) is 5. The summed E-state index contributed by atoms with van der Waals surface area (Å²) >= 11 is 0. The van der Waals surface area contributed by atoms with Gasteiger partial charge in [0.2, 0.25) is 0 Å². The van der Waals surface area contributed by atoms with E-state index in [0.717, 1.165) is 42.8 Å². The van der Waals surface area contributed by atoms with E-state index >= 15 is 0 Å². The van der Waals surface area contributed by atoms with Gasteiger partial charge < -0.3 is 15.0 Å². The number of imidazole rings is 1. The van der Waals surface area contributed by atoms with Crippen LogP contribution in [0.15, 0.2) is 36.7 Å². The van der Waals surface area contributed by atoms with Crippen molar-refractivity contribution in [1.29, 1.82) is 0 Å². The van der Waals surface area contributed by atoms with E-state index in [1.54, 1.807) is 13.3 Å². The van der Waals surface area contributed by atoms with Gasteiger partial charge in [-0.25, -0.2) is 4.98 Å². The molecular weight excluding hydrogens is 396 g/mol. The Labute approximate surface area is 178 Å². The van der Waals surface area contributed by atoms with Crippen molar-refractivity contribution in [3.05, 3.63) is 53.6 Å². The van der Waals surface area contributed by atoms with Gasteiger partial charge in [0.1, 0.15) is 5.69 Å². The fourth-order valence-electron chi connectivity index (χ4n) is 3.82. The number of benzene rings is 1. The number of anilines is 1. The van der Waals surface area contributed by atoms with Gasteiger partial charge in [-0.3, -0.25) is 14.8 Å².